The quantitative estimate of drug-likeness (QED) is 0.796. The Bertz CT molecular complexity index is 451. The molecular weight excluding hydrogens is 262 g/mol. The number of piperazine rings is 1. The van der Waals surface area contributed by atoms with Crippen LogP contribution in [0.4, 0.5) is 5.82 Å². The highest BCUT2D eigenvalue weighted by atomic mass is 35.5. The first-order valence-corrected chi connectivity index (χ1v) is 6.90. The molecule has 6 heteroatoms. The average molecular weight is 280 g/mol. The number of nitrogens with zero attached hydrogens (tertiary/aromatic N) is 3. The summed E-state index contributed by atoms with van der Waals surface area (Å²) in [5.74, 6) is 0.598. The summed E-state index contributed by atoms with van der Waals surface area (Å²) in [5, 5.41) is 15.8. The number of anilines is 1. The molecule has 1 saturated heterocycles. The zero-order valence-electron chi connectivity index (χ0n) is 10.8. The molecule has 0 bridgehead atoms. The highest BCUT2D eigenvalue weighted by Gasteiger charge is 2.09. The van der Waals surface area contributed by atoms with Gasteiger partial charge in [-0.1, -0.05) is 11.6 Å². The fraction of sp³-hybridized carbons (Fsp3) is 0.538. The monoisotopic (exact) mass is 279 g/mol. The van der Waals surface area contributed by atoms with E-state index in [9.17, 15) is 0 Å². The molecule has 0 amide bonds. The SMILES string of the molecule is N#Cc1ccnc(NCCCN2CCNCC2)c1Cl. The second kappa shape index (κ2) is 7.29. The molecule has 0 atom stereocenters. The number of nitrogens with one attached hydrogen (secondary N) is 2. The van der Waals surface area contributed by atoms with E-state index in [1.165, 1.54) is 0 Å². The zero-order chi connectivity index (χ0) is 13.5. The number of hydrogen-bond acceptors (Lipinski definition) is 5. The number of hydrogen-bond donors (Lipinski definition) is 2. The molecule has 1 fully saturated rings. The Balaban J connectivity index is 1.75. The maximum Gasteiger partial charge on any atom is 0.146 e. The minimum atomic E-state index is 0.409. The smallest absolute Gasteiger partial charge is 0.146 e. The largest absolute Gasteiger partial charge is 0.369 e. The number of pyridine rings is 1. The molecule has 0 saturated carbocycles. The van der Waals surface area contributed by atoms with Gasteiger partial charge in [-0.3, -0.25) is 0 Å². The summed E-state index contributed by atoms with van der Waals surface area (Å²) >= 11 is 6.07. The van der Waals surface area contributed by atoms with E-state index in [-0.39, 0.29) is 0 Å². The molecule has 2 heterocycles. The van der Waals surface area contributed by atoms with Crippen LogP contribution in [-0.2, 0) is 0 Å². The second-order valence-corrected chi connectivity index (χ2v) is 4.88. The van der Waals surface area contributed by atoms with Gasteiger partial charge in [0.25, 0.3) is 0 Å². The van der Waals surface area contributed by atoms with E-state index in [4.69, 9.17) is 16.9 Å². The van der Waals surface area contributed by atoms with Gasteiger partial charge in [-0.15, -0.1) is 0 Å². The van der Waals surface area contributed by atoms with E-state index in [0.717, 1.165) is 45.7 Å². The average Bonchev–Trinajstić information content (AvgIpc) is 2.46. The normalized spacial score (nSPS) is 16.0. The van der Waals surface area contributed by atoms with Gasteiger partial charge in [-0.2, -0.15) is 5.26 Å². The summed E-state index contributed by atoms with van der Waals surface area (Å²) in [6.45, 7) is 6.26. The number of aromatic nitrogens is 1. The minimum absolute atomic E-state index is 0.409. The first-order valence-electron chi connectivity index (χ1n) is 6.53. The van der Waals surface area contributed by atoms with E-state index in [1.54, 1.807) is 12.3 Å². The fourth-order valence-electron chi connectivity index (χ4n) is 2.10. The molecule has 0 aromatic carbocycles. The maximum absolute atomic E-state index is 8.88. The van der Waals surface area contributed by atoms with Crippen molar-refractivity contribution in [2.45, 2.75) is 6.42 Å². The predicted molar refractivity (Wildman–Crippen MR) is 76.4 cm³/mol. The van der Waals surface area contributed by atoms with Gasteiger partial charge < -0.3 is 15.5 Å². The first kappa shape index (κ1) is 14.1. The van der Waals surface area contributed by atoms with Crippen molar-refractivity contribution in [2.75, 3.05) is 44.6 Å². The van der Waals surface area contributed by atoms with Gasteiger partial charge in [0.2, 0.25) is 0 Å². The number of nitriles is 1. The topological polar surface area (TPSA) is 64.0 Å². The van der Waals surface area contributed by atoms with Crippen LogP contribution < -0.4 is 10.6 Å². The summed E-state index contributed by atoms with van der Waals surface area (Å²) in [5.41, 5.74) is 0.460. The second-order valence-electron chi connectivity index (χ2n) is 4.50. The van der Waals surface area contributed by atoms with Crippen LogP contribution in [0.15, 0.2) is 12.3 Å². The molecule has 0 radical (unpaired) electrons. The van der Waals surface area contributed by atoms with Crippen LogP contribution in [0.25, 0.3) is 0 Å². The van der Waals surface area contributed by atoms with Crippen LogP contribution >= 0.6 is 11.6 Å². The summed E-state index contributed by atoms with van der Waals surface area (Å²) in [4.78, 5) is 6.60. The molecule has 1 aliphatic rings. The van der Waals surface area contributed by atoms with Crippen LogP contribution in [0.3, 0.4) is 0 Å². The lowest BCUT2D eigenvalue weighted by molar-refractivity contribution is 0.240. The van der Waals surface area contributed by atoms with E-state index in [1.807, 2.05) is 0 Å². The van der Waals surface area contributed by atoms with Crippen molar-refractivity contribution in [3.8, 4) is 6.07 Å². The van der Waals surface area contributed by atoms with Gasteiger partial charge in [0.1, 0.15) is 16.9 Å². The summed E-state index contributed by atoms with van der Waals surface area (Å²) in [6.07, 6.45) is 2.64. The Hall–Kier alpha value is -1.35. The Morgan fingerprint density at radius 3 is 3.00 bits per heavy atom. The molecule has 1 aromatic rings. The molecule has 0 aliphatic carbocycles. The highest BCUT2D eigenvalue weighted by Crippen LogP contribution is 2.22. The molecule has 2 N–H and O–H groups in total. The summed E-state index contributed by atoms with van der Waals surface area (Å²) in [6, 6.07) is 3.67. The molecule has 2 rings (SSSR count). The van der Waals surface area contributed by atoms with Crippen molar-refractivity contribution in [2.24, 2.45) is 0 Å². The Labute approximate surface area is 118 Å². The van der Waals surface area contributed by atoms with Crippen molar-refractivity contribution in [1.29, 1.82) is 5.26 Å². The van der Waals surface area contributed by atoms with Crippen LogP contribution in [-0.4, -0.2) is 49.2 Å². The third kappa shape index (κ3) is 4.06. The fourth-order valence-corrected chi connectivity index (χ4v) is 2.32. The Morgan fingerprint density at radius 1 is 1.47 bits per heavy atom. The van der Waals surface area contributed by atoms with Crippen molar-refractivity contribution >= 4 is 17.4 Å². The lowest BCUT2D eigenvalue weighted by Gasteiger charge is -2.27. The summed E-state index contributed by atoms with van der Waals surface area (Å²) < 4.78 is 0. The van der Waals surface area contributed by atoms with Crippen molar-refractivity contribution in [3.63, 3.8) is 0 Å². The zero-order valence-corrected chi connectivity index (χ0v) is 11.6. The van der Waals surface area contributed by atoms with Crippen LogP contribution in [0, 0.1) is 11.3 Å². The lowest BCUT2D eigenvalue weighted by atomic mass is 10.3. The molecule has 5 nitrogen and oxygen atoms in total. The molecule has 1 aromatic heterocycles. The van der Waals surface area contributed by atoms with Gasteiger partial charge in [-0.25, -0.2) is 4.98 Å². The van der Waals surface area contributed by atoms with Gasteiger partial charge in [0, 0.05) is 38.9 Å². The molecule has 19 heavy (non-hydrogen) atoms. The Morgan fingerprint density at radius 2 is 2.26 bits per heavy atom. The van der Waals surface area contributed by atoms with Gasteiger partial charge in [0.15, 0.2) is 0 Å². The van der Waals surface area contributed by atoms with Gasteiger partial charge >= 0.3 is 0 Å². The van der Waals surface area contributed by atoms with Crippen molar-refractivity contribution in [3.05, 3.63) is 22.8 Å². The van der Waals surface area contributed by atoms with Crippen molar-refractivity contribution in [1.82, 2.24) is 15.2 Å². The molecule has 1 aliphatic heterocycles. The van der Waals surface area contributed by atoms with Crippen LogP contribution in [0.5, 0.6) is 0 Å². The van der Waals surface area contributed by atoms with Gasteiger partial charge in [0.05, 0.1) is 5.56 Å². The first-order chi connectivity index (χ1) is 9.31. The standard InChI is InChI=1S/C13H18ClN5/c14-12-11(10-15)2-4-18-13(12)17-3-1-7-19-8-5-16-6-9-19/h2,4,16H,1,3,5-9H2,(H,17,18). The third-order valence-electron chi connectivity index (χ3n) is 3.16. The number of halogens is 1. The lowest BCUT2D eigenvalue weighted by Crippen LogP contribution is -2.44. The Kier molecular flexibility index (Phi) is 5.40. The van der Waals surface area contributed by atoms with Crippen molar-refractivity contribution < 1.29 is 0 Å². The predicted octanol–water partition coefficient (Wildman–Crippen LogP) is 1.31. The highest BCUT2D eigenvalue weighted by molar-refractivity contribution is 6.34. The maximum atomic E-state index is 8.88. The molecular formula is C13H18ClN5. The third-order valence-corrected chi connectivity index (χ3v) is 3.55. The molecule has 102 valence electrons. The molecule has 0 spiro atoms. The molecule has 0 unspecified atom stereocenters. The minimum Gasteiger partial charge on any atom is -0.369 e. The number of rotatable bonds is 5. The van der Waals surface area contributed by atoms with E-state index in [0.29, 0.717) is 16.4 Å². The van der Waals surface area contributed by atoms with E-state index >= 15 is 0 Å². The summed E-state index contributed by atoms with van der Waals surface area (Å²) in [7, 11) is 0. The van der Waals surface area contributed by atoms with Crippen LogP contribution in [0.2, 0.25) is 5.02 Å². The van der Waals surface area contributed by atoms with Crippen LogP contribution in [0.1, 0.15) is 12.0 Å². The van der Waals surface area contributed by atoms with Gasteiger partial charge in [-0.05, 0) is 19.0 Å². The van der Waals surface area contributed by atoms with E-state index in [2.05, 4.69) is 26.6 Å². The van der Waals surface area contributed by atoms with E-state index < -0.39 is 0 Å².